The van der Waals surface area contributed by atoms with Crippen molar-refractivity contribution < 1.29 is 38.5 Å². The van der Waals surface area contributed by atoms with Crippen LogP contribution in [0.15, 0.2) is 24.3 Å². The lowest BCUT2D eigenvalue weighted by Crippen LogP contribution is -3.00. The van der Waals surface area contributed by atoms with E-state index in [1.807, 2.05) is 0 Å². The topological polar surface area (TPSA) is 40.3 Å². The Kier molecular flexibility index (Phi) is 4.44. The Bertz CT molecular complexity index is 746. The average molecular weight is 415 g/mol. The fourth-order valence-corrected chi connectivity index (χ4v) is 4.41. The first-order chi connectivity index (χ1) is 9.43. The van der Waals surface area contributed by atoms with E-state index in [0.717, 1.165) is 0 Å². The number of benzene rings is 1. The summed E-state index contributed by atoms with van der Waals surface area (Å²) in [4.78, 5) is 10.9. The molecule has 3 rings (SSSR count). The van der Waals surface area contributed by atoms with E-state index >= 15 is 0 Å². The molecule has 2 heterocycles. The zero-order valence-corrected chi connectivity index (χ0v) is 15.3. The molecule has 1 aromatic carbocycles. The molecule has 0 aliphatic carbocycles. The number of carboxylic acids is 1. The quantitative estimate of drug-likeness (QED) is 0.595. The van der Waals surface area contributed by atoms with E-state index < -0.39 is 5.97 Å². The lowest BCUT2D eigenvalue weighted by Gasteiger charge is -2.15. The Hall–Kier alpha value is -0.950. The zero-order valence-electron chi connectivity index (χ0n) is 12.3. The summed E-state index contributed by atoms with van der Waals surface area (Å²) in [6, 6.07) is 8.43. The van der Waals surface area contributed by atoms with Crippen molar-refractivity contribution in [2.75, 3.05) is 6.54 Å². The van der Waals surface area contributed by atoms with Gasteiger partial charge in [0.1, 0.15) is 6.42 Å². The van der Waals surface area contributed by atoms with Gasteiger partial charge in [0, 0.05) is 17.0 Å². The van der Waals surface area contributed by atoms with Crippen LogP contribution < -0.4 is 24.0 Å². The summed E-state index contributed by atoms with van der Waals surface area (Å²) in [7, 11) is 0. The highest BCUT2D eigenvalue weighted by Crippen LogP contribution is 2.49. The largest absolute Gasteiger partial charge is 1.00 e. The third-order valence-corrected chi connectivity index (χ3v) is 5.50. The maximum atomic E-state index is 10.9. The highest BCUT2D eigenvalue weighted by molar-refractivity contribution is 7.22. The number of thiophene rings is 1. The number of carboxylic acid groups (broad SMARTS) is 1. The number of carbonyl (C=O) groups is 1. The maximum absolute atomic E-state index is 10.9. The van der Waals surface area contributed by atoms with Crippen LogP contribution in [0, 0.1) is 0 Å². The molecule has 0 amide bonds. The minimum Gasteiger partial charge on any atom is -1.00 e. The van der Waals surface area contributed by atoms with E-state index in [2.05, 4.69) is 49.6 Å². The lowest BCUT2D eigenvalue weighted by molar-refractivity contribution is -0.433. The molecule has 0 bridgehead atoms. The number of fused-ring (bicyclic) bond motifs is 3. The summed E-state index contributed by atoms with van der Waals surface area (Å²) in [5.74, 6) is -0.745. The van der Waals surface area contributed by atoms with E-state index in [-0.39, 0.29) is 35.8 Å². The number of rotatable bonds is 3. The maximum Gasteiger partial charge on any atom is 0.309 e. The Morgan fingerprint density at radius 3 is 2.67 bits per heavy atom. The summed E-state index contributed by atoms with van der Waals surface area (Å²) in [5.41, 5.74) is 2.56. The van der Waals surface area contributed by atoms with Gasteiger partial charge in [0.05, 0.1) is 11.0 Å². The average Bonchev–Trinajstić information content (AvgIpc) is 2.84. The second-order valence-corrected chi connectivity index (χ2v) is 6.81. The molecule has 3 nitrogen and oxygen atoms in total. The Balaban J connectivity index is 0.00000161. The predicted molar refractivity (Wildman–Crippen MR) is 82.6 cm³/mol. The highest BCUT2D eigenvalue weighted by Gasteiger charge is 2.45. The molecule has 112 valence electrons. The van der Waals surface area contributed by atoms with Gasteiger partial charge in [-0.3, -0.25) is 4.79 Å². The molecule has 0 unspecified atom stereocenters. The molecular weight excluding hydrogens is 397 g/mol. The lowest BCUT2D eigenvalue weighted by atomic mass is 9.82. The Labute approximate surface area is 145 Å². The van der Waals surface area contributed by atoms with Gasteiger partial charge in [-0.05, 0) is 19.9 Å². The standard InChI is InChI=1S/C16H17NO2S.HI/c1-10-16(2,3)14-11-6-4-5-7-12(11)20-15(14)17(10)9-8-13(18)19;/h4-7H,8-9H2,1-3H3;1H. The number of hydrogen-bond acceptors (Lipinski definition) is 2. The Morgan fingerprint density at radius 1 is 1.33 bits per heavy atom. The van der Waals surface area contributed by atoms with Crippen LogP contribution in [0.4, 0.5) is 5.00 Å². The summed E-state index contributed by atoms with van der Waals surface area (Å²) in [6.07, 6.45) is 0.168. The van der Waals surface area contributed by atoms with Crippen molar-refractivity contribution in [2.45, 2.75) is 32.6 Å². The molecule has 0 saturated heterocycles. The fourth-order valence-electron chi connectivity index (χ4n) is 2.97. The summed E-state index contributed by atoms with van der Waals surface area (Å²) < 4.78 is 3.46. The van der Waals surface area contributed by atoms with Gasteiger partial charge in [-0.25, -0.2) is 0 Å². The SMILES string of the molecule is CC1=[N+](CCC(=O)O)c2sc3ccccc3c2C1(C)C.[I-]. The predicted octanol–water partition coefficient (Wildman–Crippen LogP) is 0.776. The molecule has 2 aromatic rings. The second kappa shape index (κ2) is 5.68. The van der Waals surface area contributed by atoms with E-state index in [4.69, 9.17) is 5.11 Å². The van der Waals surface area contributed by atoms with Crippen molar-refractivity contribution in [1.29, 1.82) is 0 Å². The van der Waals surface area contributed by atoms with Gasteiger partial charge in [-0.2, -0.15) is 4.58 Å². The molecule has 1 aromatic heterocycles. The third-order valence-electron chi connectivity index (χ3n) is 4.31. The van der Waals surface area contributed by atoms with Crippen LogP contribution in [0.25, 0.3) is 10.1 Å². The van der Waals surface area contributed by atoms with Crippen molar-refractivity contribution in [2.24, 2.45) is 0 Å². The molecule has 0 spiro atoms. The van der Waals surface area contributed by atoms with Crippen LogP contribution in [0.5, 0.6) is 0 Å². The summed E-state index contributed by atoms with van der Waals surface area (Å²) >= 11 is 1.76. The Morgan fingerprint density at radius 2 is 2.00 bits per heavy atom. The van der Waals surface area contributed by atoms with Crippen LogP contribution in [0.2, 0.25) is 0 Å². The van der Waals surface area contributed by atoms with Crippen LogP contribution in [0.3, 0.4) is 0 Å². The van der Waals surface area contributed by atoms with Crippen molar-refractivity contribution in [3.05, 3.63) is 29.8 Å². The molecule has 0 saturated carbocycles. The number of nitrogens with zero attached hydrogens (tertiary/aromatic N) is 1. The molecule has 1 N–H and O–H groups in total. The van der Waals surface area contributed by atoms with Gasteiger partial charge in [-0.1, -0.05) is 29.5 Å². The molecule has 21 heavy (non-hydrogen) atoms. The van der Waals surface area contributed by atoms with E-state index in [9.17, 15) is 4.79 Å². The monoisotopic (exact) mass is 415 g/mol. The van der Waals surface area contributed by atoms with Gasteiger partial charge in [-0.15, -0.1) is 0 Å². The van der Waals surface area contributed by atoms with Crippen LogP contribution in [0.1, 0.15) is 32.8 Å². The van der Waals surface area contributed by atoms with Gasteiger partial charge in [0.2, 0.25) is 0 Å². The van der Waals surface area contributed by atoms with Gasteiger partial charge < -0.3 is 29.1 Å². The van der Waals surface area contributed by atoms with Crippen molar-refractivity contribution >= 4 is 38.1 Å². The van der Waals surface area contributed by atoms with Crippen LogP contribution in [-0.4, -0.2) is 27.9 Å². The first-order valence-corrected chi connectivity index (χ1v) is 7.60. The smallest absolute Gasteiger partial charge is 0.309 e. The van der Waals surface area contributed by atoms with Gasteiger partial charge in [0.15, 0.2) is 12.3 Å². The van der Waals surface area contributed by atoms with E-state index in [1.165, 1.54) is 26.4 Å². The second-order valence-electron chi connectivity index (χ2n) is 5.78. The molecular formula is C16H18INO2S. The molecule has 0 radical (unpaired) electrons. The normalized spacial score (nSPS) is 16.0. The third kappa shape index (κ3) is 2.50. The first-order valence-electron chi connectivity index (χ1n) is 6.78. The number of hydrogen-bond donors (Lipinski definition) is 1. The van der Waals surface area contributed by atoms with Crippen molar-refractivity contribution in [3.63, 3.8) is 0 Å². The van der Waals surface area contributed by atoms with Crippen LogP contribution in [-0.2, 0) is 10.2 Å². The van der Waals surface area contributed by atoms with Crippen molar-refractivity contribution in [1.82, 2.24) is 0 Å². The summed E-state index contributed by atoms with van der Waals surface area (Å²) in [6.45, 7) is 7.11. The molecule has 1 aliphatic rings. The van der Waals surface area contributed by atoms with E-state index in [0.29, 0.717) is 6.54 Å². The zero-order chi connectivity index (χ0) is 14.5. The van der Waals surface area contributed by atoms with Crippen LogP contribution >= 0.6 is 11.3 Å². The fraction of sp³-hybridized carbons (Fsp3) is 0.375. The minimum atomic E-state index is -0.745. The molecule has 0 atom stereocenters. The molecule has 0 fully saturated rings. The minimum absolute atomic E-state index is 0. The van der Waals surface area contributed by atoms with Gasteiger partial charge >= 0.3 is 5.97 Å². The molecule has 5 heteroatoms. The van der Waals surface area contributed by atoms with Gasteiger partial charge in [0.25, 0.3) is 5.00 Å². The summed E-state index contributed by atoms with van der Waals surface area (Å²) in [5, 5.41) is 11.5. The first kappa shape index (κ1) is 16.4. The number of halogens is 1. The molecule has 1 aliphatic heterocycles. The number of aliphatic carboxylic acids is 1. The van der Waals surface area contributed by atoms with Crippen molar-refractivity contribution in [3.8, 4) is 0 Å². The highest BCUT2D eigenvalue weighted by atomic mass is 127. The van der Waals surface area contributed by atoms with E-state index in [1.54, 1.807) is 11.3 Å².